The Balaban J connectivity index is 1.68. The number of hydrogen-bond acceptors (Lipinski definition) is 5. The van der Waals surface area contributed by atoms with Gasteiger partial charge < -0.3 is 24.3 Å². The highest BCUT2D eigenvalue weighted by molar-refractivity contribution is 5.99. The van der Waals surface area contributed by atoms with Gasteiger partial charge in [0.05, 0.1) is 19.8 Å². The van der Waals surface area contributed by atoms with E-state index >= 15 is 0 Å². The van der Waals surface area contributed by atoms with Gasteiger partial charge in [0.1, 0.15) is 17.2 Å². The maximum absolute atomic E-state index is 13.9. The van der Waals surface area contributed by atoms with Crippen molar-refractivity contribution in [2.75, 3.05) is 13.2 Å². The van der Waals surface area contributed by atoms with Crippen LogP contribution in [-0.2, 0) is 17.8 Å². The number of halogens is 2. The summed E-state index contributed by atoms with van der Waals surface area (Å²) in [4.78, 5) is 41.1. The van der Waals surface area contributed by atoms with Crippen molar-refractivity contribution in [2.24, 2.45) is 0 Å². The normalized spacial score (nSPS) is 19.4. The molecule has 0 aliphatic carbocycles. The summed E-state index contributed by atoms with van der Waals surface area (Å²) in [5, 5.41) is 2.50. The van der Waals surface area contributed by atoms with Crippen molar-refractivity contribution in [1.29, 1.82) is 0 Å². The lowest BCUT2D eigenvalue weighted by atomic mass is 10.1. The molecule has 1 aromatic carbocycles. The zero-order chi connectivity index (χ0) is 24.4. The molecule has 1 saturated heterocycles. The zero-order valence-electron chi connectivity index (χ0n) is 19.1. The van der Waals surface area contributed by atoms with E-state index in [9.17, 15) is 23.2 Å². The SMILES string of the molecule is CCCCOc1c2n(cc(C(=O)NCc3ccc(F)cc3F)c1=O)C[C@@H]1OCC[C@@H](C)N1C2=O. The highest BCUT2D eigenvalue weighted by Crippen LogP contribution is 2.30. The Labute approximate surface area is 195 Å². The molecule has 0 saturated carbocycles. The van der Waals surface area contributed by atoms with Gasteiger partial charge in [0.25, 0.3) is 11.8 Å². The van der Waals surface area contributed by atoms with E-state index in [0.717, 1.165) is 18.6 Å². The maximum atomic E-state index is 13.9. The number of amides is 2. The molecule has 4 rings (SSSR count). The largest absolute Gasteiger partial charge is 0.487 e. The molecule has 34 heavy (non-hydrogen) atoms. The molecular formula is C24H27F2N3O5. The van der Waals surface area contributed by atoms with Gasteiger partial charge in [-0.3, -0.25) is 14.4 Å². The first-order valence-electron chi connectivity index (χ1n) is 11.4. The van der Waals surface area contributed by atoms with Crippen molar-refractivity contribution < 1.29 is 27.8 Å². The summed E-state index contributed by atoms with van der Waals surface area (Å²) in [5.41, 5.74) is -0.779. The van der Waals surface area contributed by atoms with Crippen molar-refractivity contribution in [3.8, 4) is 5.75 Å². The van der Waals surface area contributed by atoms with Crippen molar-refractivity contribution >= 4 is 11.8 Å². The third kappa shape index (κ3) is 4.54. The lowest BCUT2D eigenvalue weighted by Gasteiger charge is -2.44. The van der Waals surface area contributed by atoms with Gasteiger partial charge in [-0.2, -0.15) is 0 Å². The van der Waals surface area contributed by atoms with Crippen LogP contribution < -0.4 is 15.5 Å². The summed E-state index contributed by atoms with van der Waals surface area (Å²) in [5.74, 6) is -2.84. The molecular weight excluding hydrogens is 448 g/mol. The van der Waals surface area contributed by atoms with Crippen LogP contribution in [0.15, 0.2) is 29.2 Å². The molecule has 2 aliphatic rings. The number of aromatic nitrogens is 1. The van der Waals surface area contributed by atoms with Gasteiger partial charge in [0, 0.05) is 30.4 Å². The third-order valence-electron chi connectivity index (χ3n) is 6.10. The molecule has 0 unspecified atom stereocenters. The molecule has 0 radical (unpaired) electrons. The van der Waals surface area contributed by atoms with E-state index in [4.69, 9.17) is 9.47 Å². The predicted octanol–water partition coefficient (Wildman–Crippen LogP) is 2.83. The van der Waals surface area contributed by atoms with Gasteiger partial charge in [0.2, 0.25) is 5.43 Å². The Kier molecular flexibility index (Phi) is 6.97. The number of hydrogen-bond donors (Lipinski definition) is 1. The van der Waals surface area contributed by atoms with Crippen LogP contribution in [0.5, 0.6) is 5.75 Å². The van der Waals surface area contributed by atoms with Gasteiger partial charge in [-0.25, -0.2) is 8.78 Å². The van der Waals surface area contributed by atoms with Gasteiger partial charge in [-0.05, 0) is 25.8 Å². The highest BCUT2D eigenvalue weighted by Gasteiger charge is 2.41. The van der Waals surface area contributed by atoms with E-state index in [0.29, 0.717) is 19.4 Å². The van der Waals surface area contributed by atoms with Crippen LogP contribution in [0.4, 0.5) is 8.78 Å². The number of fused-ring (bicyclic) bond motifs is 2. The van der Waals surface area contributed by atoms with E-state index in [2.05, 4.69) is 5.32 Å². The molecule has 182 valence electrons. The second-order valence-corrected chi connectivity index (χ2v) is 8.50. The Morgan fingerprint density at radius 3 is 2.82 bits per heavy atom. The summed E-state index contributed by atoms with van der Waals surface area (Å²) in [6, 6.07) is 2.96. The molecule has 8 nitrogen and oxygen atoms in total. The molecule has 2 aliphatic heterocycles. The molecule has 10 heteroatoms. The molecule has 2 aromatic rings. The fourth-order valence-electron chi connectivity index (χ4n) is 4.19. The van der Waals surface area contributed by atoms with E-state index < -0.39 is 29.2 Å². The van der Waals surface area contributed by atoms with Crippen LogP contribution >= 0.6 is 0 Å². The highest BCUT2D eigenvalue weighted by atomic mass is 19.1. The smallest absolute Gasteiger partial charge is 0.276 e. The standard InChI is InChI=1S/C24H27F2N3O5/c1-3-4-8-34-22-20-24(32)29-14(2)7-9-33-19(29)13-28(20)12-17(21(22)30)23(31)27-11-15-5-6-16(25)10-18(15)26/h5-6,10,12,14,19H,3-4,7-9,11,13H2,1-2H3,(H,27,31)/t14-,19+/m1/s1. The molecule has 3 heterocycles. The number of nitrogens with zero attached hydrogens (tertiary/aromatic N) is 2. The predicted molar refractivity (Wildman–Crippen MR) is 119 cm³/mol. The second kappa shape index (κ2) is 9.92. The van der Waals surface area contributed by atoms with Crippen LogP contribution in [0.3, 0.4) is 0 Å². The average molecular weight is 475 g/mol. The first kappa shape index (κ1) is 23.9. The van der Waals surface area contributed by atoms with Crippen molar-refractivity contribution in [2.45, 2.75) is 58.5 Å². The number of carbonyl (C=O) groups excluding carboxylic acids is 2. The number of pyridine rings is 1. The molecule has 0 spiro atoms. The Morgan fingerprint density at radius 2 is 2.09 bits per heavy atom. The van der Waals surface area contributed by atoms with Crippen LogP contribution in [0, 0.1) is 11.6 Å². The second-order valence-electron chi connectivity index (χ2n) is 8.50. The first-order chi connectivity index (χ1) is 16.3. The Bertz CT molecular complexity index is 1170. The van der Waals surface area contributed by atoms with Crippen LogP contribution in [-0.4, -0.2) is 46.8 Å². The monoisotopic (exact) mass is 475 g/mol. The molecule has 1 aromatic heterocycles. The van der Waals surface area contributed by atoms with E-state index in [1.165, 1.54) is 16.8 Å². The quantitative estimate of drug-likeness (QED) is 0.622. The summed E-state index contributed by atoms with van der Waals surface area (Å²) < 4.78 is 40.1. The summed E-state index contributed by atoms with van der Waals surface area (Å²) in [6.07, 6.45) is 2.97. The topological polar surface area (TPSA) is 89.9 Å². The van der Waals surface area contributed by atoms with Crippen molar-refractivity contribution in [3.63, 3.8) is 0 Å². The lowest BCUT2D eigenvalue weighted by molar-refractivity contribution is -0.112. The number of unbranched alkanes of at least 4 members (excludes halogenated alkanes) is 1. The number of rotatable bonds is 7. The molecule has 1 N–H and O–H groups in total. The summed E-state index contributed by atoms with van der Waals surface area (Å²) in [7, 11) is 0. The van der Waals surface area contributed by atoms with Crippen molar-refractivity contribution in [3.05, 3.63) is 63.1 Å². The molecule has 2 amide bonds. The molecule has 1 fully saturated rings. The minimum absolute atomic E-state index is 0.0628. The summed E-state index contributed by atoms with van der Waals surface area (Å²) >= 11 is 0. The zero-order valence-corrected chi connectivity index (χ0v) is 19.1. The molecule has 2 atom stereocenters. The minimum atomic E-state index is -0.805. The minimum Gasteiger partial charge on any atom is -0.487 e. The Morgan fingerprint density at radius 1 is 1.29 bits per heavy atom. The van der Waals surface area contributed by atoms with E-state index in [-0.39, 0.29) is 54.2 Å². The van der Waals surface area contributed by atoms with Gasteiger partial charge in [0.15, 0.2) is 17.7 Å². The summed E-state index contributed by atoms with van der Waals surface area (Å²) in [6.45, 7) is 4.60. The number of carbonyl (C=O) groups is 2. The first-order valence-corrected chi connectivity index (χ1v) is 11.4. The maximum Gasteiger partial charge on any atom is 0.276 e. The van der Waals surface area contributed by atoms with E-state index in [1.807, 2.05) is 13.8 Å². The van der Waals surface area contributed by atoms with Crippen LogP contribution in [0.25, 0.3) is 0 Å². The number of nitrogens with one attached hydrogen (secondary N) is 1. The fraction of sp³-hybridized carbons (Fsp3) is 0.458. The third-order valence-corrected chi connectivity index (χ3v) is 6.10. The van der Waals surface area contributed by atoms with E-state index in [1.54, 1.807) is 4.90 Å². The number of benzene rings is 1. The molecule has 0 bridgehead atoms. The van der Waals surface area contributed by atoms with Gasteiger partial charge in [-0.1, -0.05) is 19.4 Å². The Hall–Kier alpha value is -3.27. The van der Waals surface area contributed by atoms with Crippen LogP contribution in [0.2, 0.25) is 0 Å². The lowest BCUT2D eigenvalue weighted by Crippen LogP contribution is -2.57. The van der Waals surface area contributed by atoms with Crippen LogP contribution in [0.1, 0.15) is 59.5 Å². The van der Waals surface area contributed by atoms with Gasteiger partial charge in [-0.15, -0.1) is 0 Å². The van der Waals surface area contributed by atoms with Crippen molar-refractivity contribution in [1.82, 2.24) is 14.8 Å². The fourth-order valence-corrected chi connectivity index (χ4v) is 4.19. The van der Waals surface area contributed by atoms with Gasteiger partial charge >= 0.3 is 0 Å². The average Bonchev–Trinajstić information content (AvgIpc) is 2.79. The number of ether oxygens (including phenoxy) is 2.